The lowest BCUT2D eigenvalue weighted by Gasteiger charge is -2.16. The van der Waals surface area contributed by atoms with E-state index in [2.05, 4.69) is 15.5 Å². The lowest BCUT2D eigenvalue weighted by atomic mass is 10.2. The van der Waals surface area contributed by atoms with Gasteiger partial charge in [-0.2, -0.15) is 5.11 Å². The number of nitrogens with zero attached hydrogens (tertiary/aromatic N) is 2. The standard InChI is InChI=1S/C11H11N3O3/c15-10(13-11(16)6-7-12-14-11)17-8-9-4-2-1-3-5-9/h1-7,16H,8H2,(H,13,15). The van der Waals surface area contributed by atoms with E-state index in [0.717, 1.165) is 5.56 Å². The van der Waals surface area contributed by atoms with Crippen molar-refractivity contribution in [2.75, 3.05) is 0 Å². The highest BCUT2D eigenvalue weighted by Gasteiger charge is 2.28. The Hall–Kier alpha value is -2.21. The Balaban J connectivity index is 1.82. The van der Waals surface area contributed by atoms with Gasteiger partial charge in [-0.3, -0.25) is 5.32 Å². The first-order valence-electron chi connectivity index (χ1n) is 4.99. The minimum atomic E-state index is -1.78. The second-order valence-corrected chi connectivity index (χ2v) is 3.44. The third-order valence-electron chi connectivity index (χ3n) is 2.08. The van der Waals surface area contributed by atoms with Gasteiger partial charge in [0.25, 0.3) is 5.85 Å². The van der Waals surface area contributed by atoms with Crippen LogP contribution in [0.3, 0.4) is 0 Å². The SMILES string of the molecule is O=C(NC1(O)C=CN=N1)OCc1ccccc1. The van der Waals surface area contributed by atoms with Gasteiger partial charge in [0.2, 0.25) is 0 Å². The highest BCUT2D eigenvalue weighted by molar-refractivity contribution is 5.68. The molecule has 17 heavy (non-hydrogen) atoms. The largest absolute Gasteiger partial charge is 0.445 e. The van der Waals surface area contributed by atoms with Gasteiger partial charge in [0.1, 0.15) is 6.61 Å². The van der Waals surface area contributed by atoms with E-state index in [4.69, 9.17) is 4.74 Å². The molecule has 1 heterocycles. The molecular formula is C11H11N3O3. The molecular weight excluding hydrogens is 222 g/mol. The molecule has 0 aliphatic carbocycles. The van der Waals surface area contributed by atoms with Crippen molar-refractivity contribution in [1.29, 1.82) is 0 Å². The van der Waals surface area contributed by atoms with Crippen LogP contribution in [0.25, 0.3) is 0 Å². The van der Waals surface area contributed by atoms with Crippen molar-refractivity contribution in [3.63, 3.8) is 0 Å². The van der Waals surface area contributed by atoms with Crippen LogP contribution in [0.4, 0.5) is 4.79 Å². The van der Waals surface area contributed by atoms with Gasteiger partial charge in [-0.25, -0.2) is 4.79 Å². The number of nitrogens with one attached hydrogen (secondary N) is 1. The molecule has 0 saturated heterocycles. The van der Waals surface area contributed by atoms with E-state index in [0.29, 0.717) is 0 Å². The number of amides is 1. The number of carbonyl (C=O) groups excluding carboxylic acids is 1. The van der Waals surface area contributed by atoms with Gasteiger partial charge in [-0.05, 0) is 5.56 Å². The number of benzene rings is 1. The second-order valence-electron chi connectivity index (χ2n) is 3.44. The molecule has 0 fully saturated rings. The third-order valence-corrected chi connectivity index (χ3v) is 2.08. The minimum absolute atomic E-state index is 0.129. The number of aliphatic hydroxyl groups is 1. The summed E-state index contributed by atoms with van der Waals surface area (Å²) in [6.45, 7) is 0.129. The Morgan fingerprint density at radius 3 is 2.82 bits per heavy atom. The van der Waals surface area contributed by atoms with E-state index in [9.17, 15) is 9.90 Å². The summed E-state index contributed by atoms with van der Waals surface area (Å²) in [7, 11) is 0. The van der Waals surface area contributed by atoms with Crippen molar-refractivity contribution < 1.29 is 14.6 Å². The van der Waals surface area contributed by atoms with Crippen LogP contribution in [0, 0.1) is 0 Å². The van der Waals surface area contributed by atoms with Crippen LogP contribution >= 0.6 is 0 Å². The van der Waals surface area contributed by atoms with E-state index in [1.54, 1.807) is 0 Å². The highest BCUT2D eigenvalue weighted by Crippen LogP contribution is 2.12. The van der Waals surface area contributed by atoms with Crippen molar-refractivity contribution in [1.82, 2.24) is 5.32 Å². The molecule has 1 aromatic carbocycles. The third kappa shape index (κ3) is 3.12. The lowest BCUT2D eigenvalue weighted by Crippen LogP contribution is -2.44. The summed E-state index contributed by atoms with van der Waals surface area (Å²) in [6.07, 6.45) is 1.77. The molecule has 0 aromatic heterocycles. The average Bonchev–Trinajstić information content (AvgIpc) is 2.74. The van der Waals surface area contributed by atoms with Crippen molar-refractivity contribution in [3.05, 3.63) is 48.2 Å². The molecule has 0 saturated carbocycles. The Morgan fingerprint density at radius 2 is 2.18 bits per heavy atom. The van der Waals surface area contributed by atoms with Crippen LogP contribution in [0.1, 0.15) is 5.56 Å². The first-order chi connectivity index (χ1) is 8.18. The van der Waals surface area contributed by atoms with Gasteiger partial charge in [-0.1, -0.05) is 30.3 Å². The Morgan fingerprint density at radius 1 is 1.41 bits per heavy atom. The number of rotatable bonds is 3. The lowest BCUT2D eigenvalue weighted by molar-refractivity contribution is 0.0486. The molecule has 1 atom stereocenters. The minimum Gasteiger partial charge on any atom is -0.445 e. The molecule has 1 aliphatic heterocycles. The Kier molecular flexibility index (Phi) is 3.15. The summed E-state index contributed by atoms with van der Waals surface area (Å²) in [4.78, 5) is 11.3. The zero-order valence-corrected chi connectivity index (χ0v) is 8.91. The highest BCUT2D eigenvalue weighted by atomic mass is 16.6. The number of carbonyl (C=O) groups is 1. The van der Waals surface area contributed by atoms with Crippen LogP contribution in [0.15, 0.2) is 52.8 Å². The van der Waals surface area contributed by atoms with E-state index in [1.807, 2.05) is 30.3 Å². The predicted molar refractivity (Wildman–Crippen MR) is 58.7 cm³/mol. The molecule has 6 nitrogen and oxygen atoms in total. The van der Waals surface area contributed by atoms with E-state index < -0.39 is 11.9 Å². The van der Waals surface area contributed by atoms with Crippen LogP contribution < -0.4 is 5.32 Å². The smallest absolute Gasteiger partial charge is 0.411 e. The maximum absolute atomic E-state index is 11.3. The number of hydrogen-bond donors (Lipinski definition) is 2. The van der Waals surface area contributed by atoms with Crippen molar-refractivity contribution >= 4 is 6.09 Å². The van der Waals surface area contributed by atoms with Crippen molar-refractivity contribution in [3.8, 4) is 0 Å². The molecule has 88 valence electrons. The molecule has 0 radical (unpaired) electrons. The van der Waals surface area contributed by atoms with Gasteiger partial charge < -0.3 is 9.84 Å². The number of hydrogen-bond acceptors (Lipinski definition) is 5. The molecule has 1 aromatic rings. The second kappa shape index (κ2) is 4.75. The summed E-state index contributed by atoms with van der Waals surface area (Å²) in [5, 5.41) is 18.6. The van der Waals surface area contributed by atoms with Crippen molar-refractivity contribution in [2.45, 2.75) is 12.5 Å². The average molecular weight is 233 g/mol. The van der Waals surface area contributed by atoms with Crippen LogP contribution in [0.5, 0.6) is 0 Å². The van der Waals surface area contributed by atoms with E-state index in [1.165, 1.54) is 12.3 Å². The van der Waals surface area contributed by atoms with Gasteiger partial charge in [0.15, 0.2) is 0 Å². The maximum atomic E-state index is 11.3. The van der Waals surface area contributed by atoms with Gasteiger partial charge in [0.05, 0.1) is 6.20 Å². The molecule has 1 unspecified atom stereocenters. The summed E-state index contributed by atoms with van der Waals surface area (Å²) in [5.74, 6) is -1.78. The molecule has 1 amide bonds. The maximum Gasteiger partial charge on any atom is 0.411 e. The van der Waals surface area contributed by atoms with Gasteiger partial charge in [0, 0.05) is 6.08 Å². The molecule has 2 N–H and O–H groups in total. The molecule has 0 bridgehead atoms. The molecule has 1 aliphatic rings. The van der Waals surface area contributed by atoms with Crippen LogP contribution in [0.2, 0.25) is 0 Å². The summed E-state index contributed by atoms with van der Waals surface area (Å²) < 4.78 is 4.91. The van der Waals surface area contributed by atoms with E-state index >= 15 is 0 Å². The van der Waals surface area contributed by atoms with Crippen LogP contribution in [-0.4, -0.2) is 17.0 Å². The zero-order chi connectivity index (χ0) is 12.1. The first-order valence-corrected chi connectivity index (χ1v) is 4.99. The fourth-order valence-corrected chi connectivity index (χ4v) is 1.27. The molecule has 0 spiro atoms. The molecule has 6 heteroatoms. The van der Waals surface area contributed by atoms with E-state index in [-0.39, 0.29) is 6.61 Å². The van der Waals surface area contributed by atoms with Gasteiger partial charge >= 0.3 is 6.09 Å². The number of ether oxygens (including phenoxy) is 1. The van der Waals surface area contributed by atoms with Gasteiger partial charge in [-0.15, -0.1) is 5.11 Å². The first kappa shape index (κ1) is 11.3. The zero-order valence-electron chi connectivity index (χ0n) is 8.91. The normalized spacial score (nSPS) is 21.5. The fraction of sp³-hybridized carbons (Fsp3) is 0.182. The predicted octanol–water partition coefficient (Wildman–Crippen LogP) is 1.54. The van der Waals surface area contributed by atoms with Crippen LogP contribution in [-0.2, 0) is 11.3 Å². The summed E-state index contributed by atoms with van der Waals surface area (Å²) in [6, 6.07) is 9.22. The molecule has 2 rings (SSSR count). The number of azo groups is 1. The monoisotopic (exact) mass is 233 g/mol. The number of alkyl carbamates (subject to hydrolysis) is 1. The Bertz CT molecular complexity index is 444. The quantitative estimate of drug-likeness (QED) is 0.776. The summed E-state index contributed by atoms with van der Waals surface area (Å²) >= 11 is 0. The Labute approximate surface area is 97.6 Å². The topological polar surface area (TPSA) is 83.3 Å². The summed E-state index contributed by atoms with van der Waals surface area (Å²) in [5.41, 5.74) is 0.859. The fourth-order valence-electron chi connectivity index (χ4n) is 1.27. The van der Waals surface area contributed by atoms with Crippen molar-refractivity contribution in [2.24, 2.45) is 10.2 Å².